The highest BCUT2D eigenvalue weighted by Gasteiger charge is 2.64. The molecule has 1 saturated heterocycles. The predicted molar refractivity (Wildman–Crippen MR) is 55.1 cm³/mol. The van der Waals surface area contributed by atoms with Gasteiger partial charge in [0.2, 0.25) is 0 Å². The van der Waals surface area contributed by atoms with Gasteiger partial charge in [-0.3, -0.25) is 4.79 Å². The summed E-state index contributed by atoms with van der Waals surface area (Å²) in [5, 5.41) is 0. The van der Waals surface area contributed by atoms with Crippen molar-refractivity contribution in [3.8, 4) is 0 Å². The molecule has 2 aliphatic rings. The minimum Gasteiger partial charge on any atom is -0.361 e. The van der Waals surface area contributed by atoms with Gasteiger partial charge in [-0.1, -0.05) is 20.3 Å². The molecule has 2 fully saturated rings. The molecule has 0 radical (unpaired) electrons. The van der Waals surface area contributed by atoms with E-state index in [4.69, 9.17) is 4.74 Å². The van der Waals surface area contributed by atoms with Crippen molar-refractivity contribution in [2.75, 3.05) is 0 Å². The Morgan fingerprint density at radius 3 is 2.79 bits per heavy atom. The maximum atomic E-state index is 10.9. The Balaban J connectivity index is 2.19. The SMILES string of the molecule is CC(=O)/C=C/[C@@]12OC1CCCC2(C)C. The van der Waals surface area contributed by atoms with Crippen molar-refractivity contribution >= 4 is 5.78 Å². The summed E-state index contributed by atoms with van der Waals surface area (Å²) < 4.78 is 5.79. The molecule has 1 heterocycles. The van der Waals surface area contributed by atoms with Gasteiger partial charge < -0.3 is 4.74 Å². The van der Waals surface area contributed by atoms with Crippen LogP contribution in [0, 0.1) is 5.41 Å². The quantitative estimate of drug-likeness (QED) is 0.499. The summed E-state index contributed by atoms with van der Waals surface area (Å²) in [6.45, 7) is 6.05. The first-order valence-corrected chi connectivity index (χ1v) is 5.36. The lowest BCUT2D eigenvalue weighted by atomic mass is 9.68. The Morgan fingerprint density at radius 1 is 1.50 bits per heavy atom. The van der Waals surface area contributed by atoms with E-state index in [-0.39, 0.29) is 16.8 Å². The number of epoxide rings is 1. The smallest absolute Gasteiger partial charge is 0.152 e. The average Bonchev–Trinajstić information content (AvgIpc) is 2.77. The lowest BCUT2D eigenvalue weighted by Gasteiger charge is -2.33. The third-order valence-corrected chi connectivity index (χ3v) is 3.65. The maximum absolute atomic E-state index is 10.9. The molecule has 14 heavy (non-hydrogen) atoms. The van der Waals surface area contributed by atoms with Crippen LogP contribution in [0.5, 0.6) is 0 Å². The molecule has 1 saturated carbocycles. The number of ether oxygens (including phenoxy) is 1. The number of ketones is 1. The third kappa shape index (κ3) is 1.33. The number of fused-ring (bicyclic) bond motifs is 1. The number of rotatable bonds is 2. The van der Waals surface area contributed by atoms with E-state index in [1.54, 1.807) is 13.0 Å². The highest BCUT2D eigenvalue weighted by molar-refractivity contribution is 5.87. The highest BCUT2D eigenvalue weighted by atomic mass is 16.6. The van der Waals surface area contributed by atoms with E-state index in [0.717, 1.165) is 6.42 Å². The molecular weight excluding hydrogens is 176 g/mol. The van der Waals surface area contributed by atoms with Crippen molar-refractivity contribution in [3.63, 3.8) is 0 Å². The number of hydrogen-bond acceptors (Lipinski definition) is 2. The largest absolute Gasteiger partial charge is 0.361 e. The van der Waals surface area contributed by atoms with E-state index < -0.39 is 0 Å². The normalized spacial score (nSPS) is 39.5. The molecule has 2 heteroatoms. The van der Waals surface area contributed by atoms with Crippen LogP contribution in [0.1, 0.15) is 40.0 Å². The molecule has 1 aliphatic carbocycles. The monoisotopic (exact) mass is 194 g/mol. The second-order valence-corrected chi connectivity index (χ2v) is 5.12. The fraction of sp³-hybridized carbons (Fsp3) is 0.750. The van der Waals surface area contributed by atoms with Crippen LogP contribution in [0.3, 0.4) is 0 Å². The fourth-order valence-corrected chi connectivity index (χ4v) is 2.61. The summed E-state index contributed by atoms with van der Waals surface area (Å²) in [7, 11) is 0. The molecule has 1 unspecified atom stereocenters. The van der Waals surface area contributed by atoms with Gasteiger partial charge in [-0.15, -0.1) is 0 Å². The van der Waals surface area contributed by atoms with E-state index in [1.807, 2.05) is 6.08 Å². The molecule has 0 N–H and O–H groups in total. The zero-order valence-corrected chi connectivity index (χ0v) is 9.17. The summed E-state index contributed by atoms with van der Waals surface area (Å²) in [4.78, 5) is 10.9. The maximum Gasteiger partial charge on any atom is 0.152 e. The van der Waals surface area contributed by atoms with E-state index in [0.29, 0.717) is 6.10 Å². The van der Waals surface area contributed by atoms with E-state index in [9.17, 15) is 4.79 Å². The molecular formula is C12H18O2. The van der Waals surface area contributed by atoms with Crippen LogP contribution in [-0.4, -0.2) is 17.5 Å². The molecule has 2 rings (SSSR count). The summed E-state index contributed by atoms with van der Waals surface area (Å²) >= 11 is 0. The zero-order valence-electron chi connectivity index (χ0n) is 9.17. The highest BCUT2D eigenvalue weighted by Crippen LogP contribution is 2.58. The van der Waals surface area contributed by atoms with Gasteiger partial charge in [0.05, 0.1) is 6.10 Å². The van der Waals surface area contributed by atoms with E-state index >= 15 is 0 Å². The standard InChI is InChI=1S/C12H18O2/c1-9(13)6-8-12-10(14-12)5-4-7-11(12,2)3/h6,8,10H,4-5,7H2,1-3H3/b8-6+/t10?,12-/m1/s1. The molecule has 1 aliphatic heterocycles. The van der Waals surface area contributed by atoms with Gasteiger partial charge in [0.1, 0.15) is 5.60 Å². The van der Waals surface area contributed by atoms with Gasteiger partial charge in [0.25, 0.3) is 0 Å². The zero-order chi connectivity index (χ0) is 10.4. The Morgan fingerprint density at radius 2 is 2.21 bits per heavy atom. The summed E-state index contributed by atoms with van der Waals surface area (Å²) in [6.07, 6.45) is 7.58. The molecule has 0 bridgehead atoms. The van der Waals surface area contributed by atoms with Crippen LogP contribution >= 0.6 is 0 Å². The van der Waals surface area contributed by atoms with Gasteiger partial charge in [0.15, 0.2) is 5.78 Å². The van der Waals surface area contributed by atoms with Crippen LogP contribution < -0.4 is 0 Å². The molecule has 0 aromatic carbocycles. The van der Waals surface area contributed by atoms with Crippen LogP contribution in [0.25, 0.3) is 0 Å². The topological polar surface area (TPSA) is 29.6 Å². The van der Waals surface area contributed by atoms with Gasteiger partial charge in [-0.25, -0.2) is 0 Å². The molecule has 0 amide bonds. The van der Waals surface area contributed by atoms with Crippen molar-refractivity contribution in [2.24, 2.45) is 5.41 Å². The molecule has 2 atom stereocenters. The molecule has 0 aromatic heterocycles. The first kappa shape index (κ1) is 9.91. The molecule has 78 valence electrons. The first-order valence-electron chi connectivity index (χ1n) is 5.36. The van der Waals surface area contributed by atoms with E-state index in [2.05, 4.69) is 13.8 Å². The second-order valence-electron chi connectivity index (χ2n) is 5.12. The lowest BCUT2D eigenvalue weighted by molar-refractivity contribution is -0.112. The minimum atomic E-state index is -0.128. The Hall–Kier alpha value is -0.630. The van der Waals surface area contributed by atoms with Gasteiger partial charge in [-0.05, 0) is 37.3 Å². The minimum absolute atomic E-state index is 0.106. The Kier molecular flexibility index (Phi) is 2.07. The van der Waals surface area contributed by atoms with Crippen LogP contribution in [0.2, 0.25) is 0 Å². The first-order chi connectivity index (χ1) is 6.48. The van der Waals surface area contributed by atoms with Crippen LogP contribution in [-0.2, 0) is 9.53 Å². The van der Waals surface area contributed by atoms with Crippen LogP contribution in [0.4, 0.5) is 0 Å². The van der Waals surface area contributed by atoms with Crippen LogP contribution in [0.15, 0.2) is 12.2 Å². The van der Waals surface area contributed by atoms with Gasteiger partial charge >= 0.3 is 0 Å². The fourth-order valence-electron chi connectivity index (χ4n) is 2.61. The average molecular weight is 194 g/mol. The number of allylic oxidation sites excluding steroid dienone is 1. The van der Waals surface area contributed by atoms with Gasteiger partial charge in [0, 0.05) is 0 Å². The lowest BCUT2D eigenvalue weighted by Crippen LogP contribution is -2.36. The molecule has 2 nitrogen and oxygen atoms in total. The molecule has 0 spiro atoms. The van der Waals surface area contributed by atoms with Crippen molar-refractivity contribution in [1.29, 1.82) is 0 Å². The van der Waals surface area contributed by atoms with Crippen molar-refractivity contribution in [3.05, 3.63) is 12.2 Å². The Labute approximate surface area is 85.3 Å². The van der Waals surface area contributed by atoms with Crippen molar-refractivity contribution in [2.45, 2.75) is 51.7 Å². The van der Waals surface area contributed by atoms with Gasteiger partial charge in [-0.2, -0.15) is 0 Å². The number of hydrogen-bond donors (Lipinski definition) is 0. The summed E-state index contributed by atoms with van der Waals surface area (Å²) in [5.74, 6) is 0.106. The summed E-state index contributed by atoms with van der Waals surface area (Å²) in [6, 6.07) is 0. The summed E-state index contributed by atoms with van der Waals surface area (Å²) in [5.41, 5.74) is 0.0544. The number of carbonyl (C=O) groups excluding carboxylic acids is 1. The third-order valence-electron chi connectivity index (χ3n) is 3.65. The predicted octanol–water partition coefficient (Wildman–Crippen LogP) is 2.48. The second kappa shape index (κ2) is 2.93. The van der Waals surface area contributed by atoms with Crippen molar-refractivity contribution in [1.82, 2.24) is 0 Å². The van der Waals surface area contributed by atoms with E-state index in [1.165, 1.54) is 12.8 Å². The molecule has 0 aromatic rings. The van der Waals surface area contributed by atoms with Crippen molar-refractivity contribution < 1.29 is 9.53 Å². The Bertz CT molecular complexity index is 291. The number of carbonyl (C=O) groups is 1.